The summed E-state index contributed by atoms with van der Waals surface area (Å²) in [7, 11) is 5.21. The molecule has 0 unspecified atom stereocenters. The molecule has 0 amide bonds. The number of aliphatic hydroxyl groups excluding tert-OH is 2. The normalized spacial score (nSPS) is 19.2. The quantitative estimate of drug-likeness (QED) is 0.0639. The van der Waals surface area contributed by atoms with Crippen LogP contribution in [0.4, 0.5) is 5.82 Å². The van der Waals surface area contributed by atoms with Gasteiger partial charge in [0.2, 0.25) is 0 Å². The maximum absolute atomic E-state index is 11.6. The summed E-state index contributed by atoms with van der Waals surface area (Å²) >= 11 is 0. The number of nitrogens with zero attached hydrogens (tertiary/aromatic N) is 6. The van der Waals surface area contributed by atoms with Gasteiger partial charge in [-0.1, -0.05) is 80.2 Å². The summed E-state index contributed by atoms with van der Waals surface area (Å²) in [4.78, 5) is 15.6. The summed E-state index contributed by atoms with van der Waals surface area (Å²) in [5.41, 5.74) is 5.50. The SMILES string of the molecule is COc1ccc(C(OC[C@H]2O[C@@H](n3nc(C#C[Si](C)(C)C)c4c(/N=C(/C)N(C)C)ncnc43)[C@H](O)[C@@H]2O)(c2ccccc2)c2ccc(OC)cc2)cc1. The highest BCUT2D eigenvalue weighted by Gasteiger charge is 2.47. The molecule has 13 heteroatoms. The van der Waals surface area contributed by atoms with E-state index < -0.39 is 38.2 Å². The molecule has 2 N–H and O–H groups in total. The molecule has 3 heterocycles. The number of benzene rings is 3. The zero-order valence-corrected chi connectivity index (χ0v) is 32.3. The van der Waals surface area contributed by atoms with E-state index in [1.54, 1.807) is 14.2 Å². The number of hydrogen-bond donors (Lipinski definition) is 2. The van der Waals surface area contributed by atoms with Crippen molar-refractivity contribution in [2.24, 2.45) is 4.99 Å². The van der Waals surface area contributed by atoms with E-state index in [9.17, 15) is 10.2 Å². The smallest absolute Gasteiger partial charge is 0.181 e. The minimum atomic E-state index is -1.82. The van der Waals surface area contributed by atoms with Crippen LogP contribution in [0.5, 0.6) is 11.5 Å². The van der Waals surface area contributed by atoms with Gasteiger partial charge in [-0.05, 0) is 47.9 Å². The highest BCUT2D eigenvalue weighted by molar-refractivity contribution is 6.83. The topological polar surface area (TPSA) is 137 Å². The third-order valence-corrected chi connectivity index (χ3v) is 10.0. The molecule has 276 valence electrons. The standard InChI is InChI=1S/C40H46N6O6Si/c1-26(45(2)3)43-37-34-32(22-23-53(6,7)8)44-46(38(34)42-25-41-37)39-36(48)35(47)33(52-39)24-51-40(27-12-10-9-11-13-27,28-14-18-30(49-4)19-15-28)29-16-20-31(50-5)21-17-29/h9-21,25,33,35-36,39,47-48H,24H2,1-8H3/b43-26-/t33-,35-,36-,39-/m1/s1. The van der Waals surface area contributed by atoms with Gasteiger partial charge in [0.05, 0.1) is 26.2 Å². The molecule has 0 bridgehead atoms. The van der Waals surface area contributed by atoms with Crippen LogP contribution in [0.1, 0.15) is 35.5 Å². The van der Waals surface area contributed by atoms with Crippen LogP contribution in [-0.2, 0) is 15.1 Å². The van der Waals surface area contributed by atoms with Crippen molar-refractivity contribution in [1.29, 1.82) is 0 Å². The lowest BCUT2D eigenvalue weighted by atomic mass is 9.80. The van der Waals surface area contributed by atoms with Crippen LogP contribution < -0.4 is 9.47 Å². The highest BCUT2D eigenvalue weighted by Crippen LogP contribution is 2.43. The summed E-state index contributed by atoms with van der Waals surface area (Å²) in [6, 6.07) is 25.2. The van der Waals surface area contributed by atoms with Crippen LogP contribution >= 0.6 is 0 Å². The summed E-state index contributed by atoms with van der Waals surface area (Å²) in [6.07, 6.45) is -3.37. The number of aromatic nitrogens is 4. The summed E-state index contributed by atoms with van der Waals surface area (Å²) in [5.74, 6) is 5.75. The lowest BCUT2D eigenvalue weighted by Crippen LogP contribution is -2.39. The first-order chi connectivity index (χ1) is 25.4. The number of ether oxygens (including phenoxy) is 4. The van der Waals surface area contributed by atoms with E-state index in [1.165, 1.54) is 11.0 Å². The van der Waals surface area contributed by atoms with Crippen LogP contribution in [0, 0.1) is 11.5 Å². The maximum Gasteiger partial charge on any atom is 0.181 e. The molecule has 6 rings (SSSR count). The van der Waals surface area contributed by atoms with E-state index >= 15 is 0 Å². The van der Waals surface area contributed by atoms with Gasteiger partial charge < -0.3 is 34.1 Å². The lowest BCUT2D eigenvalue weighted by molar-refractivity contribution is -0.0966. The number of amidine groups is 1. The Balaban J connectivity index is 1.41. The number of fused-ring (bicyclic) bond motifs is 1. The van der Waals surface area contributed by atoms with Gasteiger partial charge in [-0.3, -0.25) is 0 Å². The van der Waals surface area contributed by atoms with Gasteiger partial charge in [-0.25, -0.2) is 19.6 Å². The van der Waals surface area contributed by atoms with Crippen LogP contribution in [0.2, 0.25) is 19.6 Å². The van der Waals surface area contributed by atoms with Gasteiger partial charge in [0, 0.05) is 14.1 Å². The average molecular weight is 735 g/mol. The zero-order valence-electron chi connectivity index (χ0n) is 31.3. The number of hydrogen-bond acceptors (Lipinski definition) is 10. The Hall–Kier alpha value is -5.10. The number of methoxy groups -OCH3 is 2. The summed E-state index contributed by atoms with van der Waals surface area (Å²) in [5, 5.41) is 28.5. The summed E-state index contributed by atoms with van der Waals surface area (Å²) < 4.78 is 25.9. The molecule has 3 aromatic carbocycles. The minimum absolute atomic E-state index is 0.101. The zero-order chi connectivity index (χ0) is 37.9. The fourth-order valence-electron chi connectivity index (χ4n) is 6.16. The molecule has 5 aromatic rings. The van der Waals surface area contributed by atoms with Gasteiger partial charge >= 0.3 is 0 Å². The average Bonchev–Trinajstić information content (AvgIpc) is 3.67. The third-order valence-electron chi connectivity index (χ3n) is 9.16. The Labute approximate surface area is 311 Å². The number of aliphatic hydroxyl groups is 2. The van der Waals surface area contributed by atoms with E-state index in [2.05, 4.69) is 41.1 Å². The Morgan fingerprint density at radius 2 is 1.47 bits per heavy atom. The van der Waals surface area contributed by atoms with Gasteiger partial charge in [-0.15, -0.1) is 5.54 Å². The monoisotopic (exact) mass is 734 g/mol. The minimum Gasteiger partial charge on any atom is -0.497 e. The van der Waals surface area contributed by atoms with Gasteiger partial charge in [0.25, 0.3) is 0 Å². The molecule has 0 radical (unpaired) electrons. The van der Waals surface area contributed by atoms with Crippen molar-refractivity contribution in [3.63, 3.8) is 0 Å². The second-order valence-corrected chi connectivity index (χ2v) is 18.9. The van der Waals surface area contributed by atoms with Crippen molar-refractivity contribution in [1.82, 2.24) is 24.6 Å². The van der Waals surface area contributed by atoms with Gasteiger partial charge in [-0.2, -0.15) is 5.10 Å². The molecule has 53 heavy (non-hydrogen) atoms. The largest absolute Gasteiger partial charge is 0.497 e. The van der Waals surface area contributed by atoms with Crippen LogP contribution in [0.3, 0.4) is 0 Å². The first-order valence-electron chi connectivity index (χ1n) is 17.4. The van der Waals surface area contributed by atoms with Gasteiger partial charge in [0.15, 0.2) is 17.7 Å². The fraction of sp³-hybridized carbons (Fsp3) is 0.350. The molecular formula is C40H46N6O6Si. The van der Waals surface area contributed by atoms with Crippen molar-refractivity contribution >= 4 is 30.8 Å². The molecule has 0 spiro atoms. The van der Waals surface area contributed by atoms with Crippen molar-refractivity contribution in [2.75, 3.05) is 34.9 Å². The van der Waals surface area contributed by atoms with E-state index in [-0.39, 0.29) is 6.61 Å². The van der Waals surface area contributed by atoms with Crippen molar-refractivity contribution in [2.45, 2.75) is 56.7 Å². The lowest BCUT2D eigenvalue weighted by Gasteiger charge is -2.37. The van der Waals surface area contributed by atoms with E-state index in [4.69, 9.17) is 29.0 Å². The third kappa shape index (κ3) is 7.69. The molecule has 0 saturated carbocycles. The Kier molecular flexibility index (Phi) is 11.0. The number of aliphatic imine (C=N–C) groups is 1. The Bertz CT molecular complexity index is 2070. The second-order valence-electron chi connectivity index (χ2n) is 14.1. The predicted molar refractivity (Wildman–Crippen MR) is 206 cm³/mol. The maximum atomic E-state index is 11.6. The molecule has 1 aliphatic heterocycles. The molecule has 1 fully saturated rings. The first-order valence-corrected chi connectivity index (χ1v) is 20.9. The van der Waals surface area contributed by atoms with Crippen molar-refractivity contribution < 1.29 is 29.2 Å². The van der Waals surface area contributed by atoms with Gasteiger partial charge in [0.1, 0.15) is 61.3 Å². The van der Waals surface area contributed by atoms with Crippen molar-refractivity contribution in [3.05, 3.63) is 108 Å². The Morgan fingerprint density at radius 1 is 0.887 bits per heavy atom. The van der Waals surface area contributed by atoms with E-state index in [1.807, 2.05) is 105 Å². The fourth-order valence-corrected chi connectivity index (χ4v) is 6.65. The van der Waals surface area contributed by atoms with E-state index in [0.29, 0.717) is 34.0 Å². The second kappa shape index (κ2) is 15.5. The first kappa shape index (κ1) is 37.6. The molecule has 1 aliphatic rings. The van der Waals surface area contributed by atoms with Crippen LogP contribution in [0.25, 0.3) is 11.0 Å². The Morgan fingerprint density at radius 3 is 2.02 bits per heavy atom. The molecular weight excluding hydrogens is 689 g/mol. The molecule has 12 nitrogen and oxygen atoms in total. The molecule has 2 aromatic heterocycles. The van der Waals surface area contributed by atoms with Crippen molar-refractivity contribution in [3.8, 4) is 23.0 Å². The molecule has 1 saturated heterocycles. The highest BCUT2D eigenvalue weighted by atomic mass is 28.3. The number of rotatable bonds is 10. The predicted octanol–water partition coefficient (Wildman–Crippen LogP) is 5.31. The van der Waals surface area contributed by atoms with Crippen LogP contribution in [-0.4, -0.2) is 102 Å². The van der Waals surface area contributed by atoms with Crippen LogP contribution in [0.15, 0.2) is 90.2 Å². The molecule has 0 aliphatic carbocycles. The molecule has 4 atom stereocenters. The van der Waals surface area contributed by atoms with E-state index in [0.717, 1.165) is 22.5 Å². The summed E-state index contributed by atoms with van der Waals surface area (Å²) in [6.45, 7) is 8.20.